The molecule has 0 aliphatic carbocycles. The molecular formula is C13H12N2O. The lowest BCUT2D eigenvalue weighted by Crippen LogP contribution is -1.96. The summed E-state index contributed by atoms with van der Waals surface area (Å²) < 4.78 is 0. The lowest BCUT2D eigenvalue weighted by atomic mass is 10.1. The van der Waals surface area contributed by atoms with E-state index in [4.69, 9.17) is 0 Å². The predicted molar refractivity (Wildman–Crippen MR) is 63.2 cm³/mol. The van der Waals surface area contributed by atoms with Crippen LogP contribution in [-0.2, 0) is 11.2 Å². The summed E-state index contributed by atoms with van der Waals surface area (Å²) in [5.74, 6) is 0. The van der Waals surface area contributed by atoms with E-state index in [0.717, 1.165) is 23.4 Å². The topological polar surface area (TPSA) is 42.0 Å². The zero-order chi connectivity index (χ0) is 11.2. The molecular weight excluding hydrogens is 200 g/mol. The van der Waals surface area contributed by atoms with Gasteiger partial charge in [-0.1, -0.05) is 18.2 Å². The van der Waals surface area contributed by atoms with E-state index in [1.807, 2.05) is 42.5 Å². The van der Waals surface area contributed by atoms with Gasteiger partial charge in [-0.15, -0.1) is 0 Å². The van der Waals surface area contributed by atoms with E-state index in [1.54, 1.807) is 6.20 Å². The first-order chi connectivity index (χ1) is 7.88. The first-order valence-electron chi connectivity index (χ1n) is 5.07. The monoisotopic (exact) mass is 212 g/mol. The number of nitrogens with zero attached hydrogens (tertiary/aromatic N) is 1. The molecule has 0 radical (unpaired) electrons. The summed E-state index contributed by atoms with van der Waals surface area (Å²) in [6.07, 6.45) is 3.23. The van der Waals surface area contributed by atoms with Crippen LogP contribution in [0.15, 0.2) is 48.7 Å². The maximum Gasteiger partial charge on any atom is 0.211 e. The third-order valence-corrected chi connectivity index (χ3v) is 2.26. The van der Waals surface area contributed by atoms with Gasteiger partial charge in [0.25, 0.3) is 0 Å². The molecule has 2 rings (SSSR count). The van der Waals surface area contributed by atoms with E-state index in [1.165, 1.54) is 0 Å². The number of amides is 1. The summed E-state index contributed by atoms with van der Waals surface area (Å²) in [5.41, 5.74) is 2.96. The summed E-state index contributed by atoms with van der Waals surface area (Å²) in [5, 5.41) is 2.63. The molecule has 0 bridgehead atoms. The quantitative estimate of drug-likeness (QED) is 0.790. The summed E-state index contributed by atoms with van der Waals surface area (Å²) in [4.78, 5) is 14.6. The van der Waals surface area contributed by atoms with E-state index in [2.05, 4.69) is 10.3 Å². The lowest BCUT2D eigenvalue weighted by Gasteiger charge is -2.03. The standard InChI is InChI=1S/C13H12N2O/c16-10-15-13-6-3-4-11(9-13)8-12-5-1-2-7-14-12/h1-7,9-10H,8H2,(H,15,16). The maximum atomic E-state index is 10.3. The Kier molecular flexibility index (Phi) is 3.28. The van der Waals surface area contributed by atoms with Crippen LogP contribution in [0.4, 0.5) is 5.69 Å². The molecule has 3 heteroatoms. The molecule has 0 atom stereocenters. The Bertz CT molecular complexity index is 468. The van der Waals surface area contributed by atoms with Crippen molar-refractivity contribution in [3.63, 3.8) is 0 Å². The average Bonchev–Trinajstić information content (AvgIpc) is 2.31. The minimum atomic E-state index is 0.680. The molecule has 0 aliphatic rings. The number of rotatable bonds is 4. The number of benzene rings is 1. The number of carbonyl (C=O) groups excluding carboxylic acids is 1. The third-order valence-electron chi connectivity index (χ3n) is 2.26. The van der Waals surface area contributed by atoms with E-state index in [0.29, 0.717) is 6.41 Å². The van der Waals surface area contributed by atoms with Crippen LogP contribution >= 0.6 is 0 Å². The summed E-state index contributed by atoms with van der Waals surface area (Å²) in [6, 6.07) is 13.6. The summed E-state index contributed by atoms with van der Waals surface area (Å²) in [7, 11) is 0. The highest BCUT2D eigenvalue weighted by Gasteiger charge is 1.98. The SMILES string of the molecule is O=CNc1cccc(Cc2ccccn2)c1. The Morgan fingerprint density at radius 3 is 2.88 bits per heavy atom. The van der Waals surface area contributed by atoms with Crippen LogP contribution in [0.3, 0.4) is 0 Å². The molecule has 1 N–H and O–H groups in total. The van der Waals surface area contributed by atoms with Crippen molar-refractivity contribution in [2.45, 2.75) is 6.42 Å². The van der Waals surface area contributed by atoms with Gasteiger partial charge in [-0.2, -0.15) is 0 Å². The molecule has 1 amide bonds. The highest BCUT2D eigenvalue weighted by Crippen LogP contribution is 2.12. The molecule has 16 heavy (non-hydrogen) atoms. The fourth-order valence-corrected chi connectivity index (χ4v) is 1.55. The predicted octanol–water partition coefficient (Wildman–Crippen LogP) is 2.24. The van der Waals surface area contributed by atoms with Crippen LogP contribution in [0.5, 0.6) is 0 Å². The summed E-state index contributed by atoms with van der Waals surface area (Å²) >= 11 is 0. The molecule has 1 heterocycles. The number of hydrogen-bond acceptors (Lipinski definition) is 2. The van der Waals surface area contributed by atoms with E-state index < -0.39 is 0 Å². The molecule has 0 fully saturated rings. The van der Waals surface area contributed by atoms with Crippen LogP contribution < -0.4 is 5.32 Å². The normalized spacial score (nSPS) is 9.75. The Hall–Kier alpha value is -2.16. The molecule has 0 unspecified atom stereocenters. The van der Waals surface area contributed by atoms with Crippen LogP contribution in [0, 0.1) is 0 Å². The molecule has 1 aromatic heterocycles. The van der Waals surface area contributed by atoms with Gasteiger partial charge in [0.2, 0.25) is 6.41 Å². The van der Waals surface area contributed by atoms with Gasteiger partial charge in [0.15, 0.2) is 0 Å². The number of carbonyl (C=O) groups is 1. The minimum Gasteiger partial charge on any atom is -0.329 e. The molecule has 0 aliphatic heterocycles. The smallest absolute Gasteiger partial charge is 0.211 e. The number of hydrogen-bond donors (Lipinski definition) is 1. The first-order valence-corrected chi connectivity index (χ1v) is 5.07. The van der Waals surface area contributed by atoms with Crippen molar-refractivity contribution in [2.24, 2.45) is 0 Å². The highest BCUT2D eigenvalue weighted by atomic mass is 16.1. The Morgan fingerprint density at radius 1 is 1.19 bits per heavy atom. The van der Waals surface area contributed by atoms with E-state index in [-0.39, 0.29) is 0 Å². The second kappa shape index (κ2) is 5.07. The second-order valence-electron chi connectivity index (χ2n) is 3.46. The Balaban J connectivity index is 2.15. The van der Waals surface area contributed by atoms with Crippen LogP contribution in [0.2, 0.25) is 0 Å². The van der Waals surface area contributed by atoms with Crippen LogP contribution in [-0.4, -0.2) is 11.4 Å². The van der Waals surface area contributed by atoms with Gasteiger partial charge < -0.3 is 5.32 Å². The number of pyridine rings is 1. The fraction of sp³-hybridized carbons (Fsp3) is 0.0769. The van der Waals surface area contributed by atoms with Crippen molar-refractivity contribution in [1.82, 2.24) is 4.98 Å². The molecule has 3 nitrogen and oxygen atoms in total. The molecule has 1 aromatic carbocycles. The Morgan fingerprint density at radius 2 is 2.12 bits per heavy atom. The third kappa shape index (κ3) is 2.67. The fourth-order valence-electron chi connectivity index (χ4n) is 1.55. The van der Waals surface area contributed by atoms with Gasteiger partial charge in [-0.25, -0.2) is 0 Å². The van der Waals surface area contributed by atoms with Gasteiger partial charge in [0.1, 0.15) is 0 Å². The van der Waals surface area contributed by atoms with Gasteiger partial charge in [-0.05, 0) is 29.8 Å². The molecule has 0 spiro atoms. The van der Waals surface area contributed by atoms with Gasteiger partial charge in [0.05, 0.1) is 0 Å². The van der Waals surface area contributed by atoms with Gasteiger partial charge in [-0.3, -0.25) is 9.78 Å². The maximum absolute atomic E-state index is 10.3. The molecule has 80 valence electrons. The van der Waals surface area contributed by atoms with Crippen molar-refractivity contribution >= 4 is 12.1 Å². The van der Waals surface area contributed by atoms with Crippen LogP contribution in [0.1, 0.15) is 11.3 Å². The minimum absolute atomic E-state index is 0.680. The molecule has 0 saturated carbocycles. The van der Waals surface area contributed by atoms with E-state index in [9.17, 15) is 4.79 Å². The van der Waals surface area contributed by atoms with Crippen molar-refractivity contribution in [1.29, 1.82) is 0 Å². The van der Waals surface area contributed by atoms with Crippen molar-refractivity contribution < 1.29 is 4.79 Å². The van der Waals surface area contributed by atoms with Crippen LogP contribution in [0.25, 0.3) is 0 Å². The van der Waals surface area contributed by atoms with E-state index >= 15 is 0 Å². The first kappa shape index (κ1) is 10.4. The number of anilines is 1. The average molecular weight is 212 g/mol. The number of nitrogens with one attached hydrogen (secondary N) is 1. The van der Waals surface area contributed by atoms with Gasteiger partial charge in [0, 0.05) is 24.0 Å². The summed E-state index contributed by atoms with van der Waals surface area (Å²) in [6.45, 7) is 0. The van der Waals surface area contributed by atoms with Crippen molar-refractivity contribution in [2.75, 3.05) is 5.32 Å². The highest BCUT2D eigenvalue weighted by molar-refractivity contribution is 5.71. The molecule has 2 aromatic rings. The Labute approximate surface area is 94.1 Å². The lowest BCUT2D eigenvalue weighted by molar-refractivity contribution is -0.105. The second-order valence-corrected chi connectivity index (χ2v) is 3.46. The van der Waals surface area contributed by atoms with Crippen molar-refractivity contribution in [3.05, 3.63) is 59.9 Å². The zero-order valence-electron chi connectivity index (χ0n) is 8.76. The number of aromatic nitrogens is 1. The largest absolute Gasteiger partial charge is 0.329 e. The van der Waals surface area contributed by atoms with Gasteiger partial charge >= 0.3 is 0 Å². The zero-order valence-corrected chi connectivity index (χ0v) is 8.76. The molecule has 0 saturated heterocycles. The van der Waals surface area contributed by atoms with Crippen molar-refractivity contribution in [3.8, 4) is 0 Å².